The fourth-order valence-electron chi connectivity index (χ4n) is 0.553. The first kappa shape index (κ1) is 33.2. The molecule has 0 heterocycles. The Morgan fingerprint density at radius 3 is 1.05 bits per heavy atom. The molecule has 0 saturated heterocycles. The van der Waals surface area contributed by atoms with Gasteiger partial charge in [0.25, 0.3) is 10.3 Å². The highest BCUT2D eigenvalue weighted by Gasteiger charge is 2.11. The van der Waals surface area contributed by atoms with Crippen LogP contribution in [0.5, 0.6) is 0 Å². The standard InChI is InChI=1S/C6H16O3Si.C3H8.2CH3NOS.CH4/c1-4-7-10(8-5-2)9-6-3;1-3-2;2*2-1(3)4;/h10H,4-6H2,1-3H3;3H2,1-2H3;2*(H3,2,3,4);1H4. The van der Waals surface area contributed by atoms with E-state index in [1.807, 2.05) is 20.8 Å². The van der Waals surface area contributed by atoms with Crippen LogP contribution >= 0.6 is 24.4 Å². The van der Waals surface area contributed by atoms with E-state index in [2.05, 4.69) is 49.8 Å². The fourth-order valence-corrected chi connectivity index (χ4v) is 1.66. The first-order valence-electron chi connectivity index (χ1n) is 6.54. The van der Waals surface area contributed by atoms with Crippen LogP contribution < -0.4 is 11.5 Å². The molecule has 0 spiro atoms. The van der Waals surface area contributed by atoms with E-state index in [1.54, 1.807) is 0 Å². The van der Waals surface area contributed by atoms with Gasteiger partial charge in [0.2, 0.25) is 0 Å². The van der Waals surface area contributed by atoms with Gasteiger partial charge < -0.3 is 35.0 Å². The lowest BCUT2D eigenvalue weighted by molar-refractivity contribution is 0.107. The molecule has 0 unspecified atom stereocenters. The Morgan fingerprint density at radius 2 is 0.955 bits per heavy atom. The van der Waals surface area contributed by atoms with Gasteiger partial charge in [-0.1, -0.05) is 27.7 Å². The molecule has 0 radical (unpaired) electrons. The monoisotopic (exact) mass is 378 g/mol. The summed E-state index contributed by atoms with van der Waals surface area (Å²) in [6, 6.07) is 0. The number of nitrogens with two attached hydrogens (primary N) is 2. The molecule has 7 nitrogen and oxygen atoms in total. The van der Waals surface area contributed by atoms with Gasteiger partial charge in [-0.25, -0.2) is 0 Å². The summed E-state index contributed by atoms with van der Waals surface area (Å²) in [5.41, 5.74) is 8.80. The minimum absolute atomic E-state index is 0. The summed E-state index contributed by atoms with van der Waals surface area (Å²) in [5, 5.41) is 14.1. The Morgan fingerprint density at radius 1 is 0.818 bits per heavy atom. The van der Waals surface area contributed by atoms with Crippen LogP contribution in [0.3, 0.4) is 0 Å². The predicted octanol–water partition coefficient (Wildman–Crippen LogP) is 2.44. The highest BCUT2D eigenvalue weighted by Crippen LogP contribution is 1.91. The van der Waals surface area contributed by atoms with Gasteiger partial charge in [0.15, 0.2) is 0 Å². The summed E-state index contributed by atoms with van der Waals surface area (Å²) in [4.78, 5) is 0. The largest absolute Gasteiger partial charge is 0.487 e. The average Bonchev–Trinajstić information content (AvgIpc) is 2.29. The van der Waals surface area contributed by atoms with Crippen molar-refractivity contribution in [2.45, 2.75) is 48.5 Å². The van der Waals surface area contributed by atoms with Gasteiger partial charge in [-0.05, 0) is 45.2 Å². The van der Waals surface area contributed by atoms with Crippen LogP contribution in [-0.4, -0.2) is 49.9 Å². The zero-order chi connectivity index (χ0) is 17.7. The SMILES string of the molecule is C.CCC.CCO[SiH](OCC)OCC.NC(O)=S.NC(O)=S. The number of hydrogen-bond donors (Lipinski definition) is 4. The summed E-state index contributed by atoms with van der Waals surface area (Å²) < 4.78 is 15.7. The summed E-state index contributed by atoms with van der Waals surface area (Å²) in [6.45, 7) is 12.1. The van der Waals surface area contributed by atoms with Crippen LogP contribution in [0.2, 0.25) is 0 Å². The highest BCUT2D eigenvalue weighted by atomic mass is 32.1. The smallest absolute Gasteiger partial charge is 0.484 e. The molecular weight excluding hydrogens is 344 g/mol. The molecule has 6 N–H and O–H groups in total. The minimum Gasteiger partial charge on any atom is -0.487 e. The van der Waals surface area contributed by atoms with Gasteiger partial charge in [-0.2, -0.15) is 0 Å². The molecule has 0 aliphatic carbocycles. The van der Waals surface area contributed by atoms with Crippen LogP contribution in [0.4, 0.5) is 0 Å². The first-order chi connectivity index (χ1) is 9.72. The lowest BCUT2D eigenvalue weighted by atomic mass is 10.6. The maximum absolute atomic E-state index is 7.56. The van der Waals surface area contributed by atoms with Crippen molar-refractivity contribution < 1.29 is 23.5 Å². The molecular formula is C12H34N2O5S2Si. The van der Waals surface area contributed by atoms with Crippen LogP contribution in [0.1, 0.15) is 48.5 Å². The fraction of sp³-hybridized carbons (Fsp3) is 0.833. The lowest BCUT2D eigenvalue weighted by Gasteiger charge is -2.12. The van der Waals surface area contributed by atoms with Crippen molar-refractivity contribution in [3.05, 3.63) is 0 Å². The van der Waals surface area contributed by atoms with Gasteiger partial charge in [0.05, 0.1) is 0 Å². The molecule has 22 heavy (non-hydrogen) atoms. The average molecular weight is 379 g/mol. The molecule has 0 aromatic rings. The number of rotatable bonds is 6. The molecule has 0 fully saturated rings. The van der Waals surface area contributed by atoms with Crippen LogP contribution in [0.15, 0.2) is 0 Å². The zero-order valence-corrected chi connectivity index (χ0v) is 16.3. The topological polar surface area (TPSA) is 120 Å². The van der Waals surface area contributed by atoms with Crippen LogP contribution in [0, 0.1) is 0 Å². The van der Waals surface area contributed by atoms with Crippen molar-refractivity contribution in [3.8, 4) is 0 Å². The molecule has 0 aromatic heterocycles. The molecule has 0 aliphatic rings. The van der Waals surface area contributed by atoms with E-state index in [0.29, 0.717) is 19.8 Å². The molecule has 0 atom stereocenters. The molecule has 0 saturated carbocycles. The second-order valence-corrected chi connectivity index (χ2v) is 5.45. The van der Waals surface area contributed by atoms with Gasteiger partial charge >= 0.3 is 9.53 Å². The van der Waals surface area contributed by atoms with E-state index in [4.69, 9.17) is 23.5 Å². The zero-order valence-electron chi connectivity index (χ0n) is 13.5. The molecule has 138 valence electrons. The van der Waals surface area contributed by atoms with Crippen molar-refractivity contribution in [2.75, 3.05) is 19.8 Å². The second kappa shape index (κ2) is 32.4. The van der Waals surface area contributed by atoms with E-state index in [9.17, 15) is 0 Å². The van der Waals surface area contributed by atoms with Gasteiger partial charge in [-0.15, -0.1) is 0 Å². The second-order valence-electron chi connectivity index (χ2n) is 3.04. The van der Waals surface area contributed by atoms with E-state index in [-0.39, 0.29) is 7.43 Å². The van der Waals surface area contributed by atoms with Gasteiger partial charge in [0, 0.05) is 19.8 Å². The number of aliphatic hydroxyl groups is 2. The summed E-state index contributed by atoms with van der Waals surface area (Å²) in [7, 11) is -1.73. The van der Waals surface area contributed by atoms with E-state index < -0.39 is 19.9 Å². The van der Waals surface area contributed by atoms with E-state index >= 15 is 0 Å². The number of aliphatic hydroxyl groups excluding tert-OH is 2. The summed E-state index contributed by atoms with van der Waals surface area (Å²) in [5.74, 6) is 0. The third-order valence-electron chi connectivity index (χ3n) is 0.908. The number of thiocarbonyl (C=S) groups is 2. The maximum atomic E-state index is 7.56. The van der Waals surface area contributed by atoms with Crippen molar-refractivity contribution in [1.82, 2.24) is 0 Å². The quantitative estimate of drug-likeness (QED) is 0.408. The maximum Gasteiger partial charge on any atom is 0.484 e. The van der Waals surface area contributed by atoms with Crippen molar-refractivity contribution in [3.63, 3.8) is 0 Å². The Labute approximate surface area is 147 Å². The molecule has 0 amide bonds. The van der Waals surface area contributed by atoms with Crippen molar-refractivity contribution in [1.29, 1.82) is 0 Å². The van der Waals surface area contributed by atoms with E-state index in [0.717, 1.165) is 0 Å². The van der Waals surface area contributed by atoms with Crippen LogP contribution in [-0.2, 0) is 13.3 Å². The van der Waals surface area contributed by atoms with Crippen molar-refractivity contribution in [2.24, 2.45) is 11.5 Å². The lowest BCUT2D eigenvalue weighted by Crippen LogP contribution is -2.27. The molecule has 0 aromatic carbocycles. The summed E-state index contributed by atoms with van der Waals surface area (Å²) in [6.07, 6.45) is 1.25. The Kier molecular flexibility index (Phi) is 48.9. The normalized spacial score (nSPS) is 7.91. The molecule has 0 bridgehead atoms. The van der Waals surface area contributed by atoms with Crippen LogP contribution in [0.25, 0.3) is 0 Å². The third kappa shape index (κ3) is 92.5. The third-order valence-corrected chi connectivity index (χ3v) is 2.72. The molecule has 0 rings (SSSR count). The van der Waals surface area contributed by atoms with Gasteiger partial charge in [-0.3, -0.25) is 0 Å². The first-order valence-corrected chi connectivity index (χ1v) is 8.77. The highest BCUT2D eigenvalue weighted by molar-refractivity contribution is 7.80. The van der Waals surface area contributed by atoms with E-state index in [1.165, 1.54) is 6.42 Å². The minimum atomic E-state index is -1.73. The predicted molar refractivity (Wildman–Crippen MR) is 104 cm³/mol. The summed E-state index contributed by atoms with van der Waals surface area (Å²) >= 11 is 7.74. The Bertz CT molecular complexity index is 193. The molecule has 10 heteroatoms. The molecule has 0 aliphatic heterocycles. The van der Waals surface area contributed by atoms with Crippen molar-refractivity contribution >= 4 is 44.3 Å². The number of hydrogen-bond acceptors (Lipinski definition) is 5. The Hall–Kier alpha value is -0.523. The van der Waals surface area contributed by atoms with Gasteiger partial charge in [0.1, 0.15) is 0 Å². The Balaban J connectivity index is -0.0000000674.